The predicted octanol–water partition coefficient (Wildman–Crippen LogP) is 4.87. The van der Waals surface area contributed by atoms with E-state index in [4.69, 9.17) is 28.9 Å². The zero-order valence-electron chi connectivity index (χ0n) is 10.9. The highest BCUT2D eigenvalue weighted by molar-refractivity contribution is 9.10. The van der Waals surface area contributed by atoms with Gasteiger partial charge in [-0.3, -0.25) is 0 Å². The smallest absolute Gasteiger partial charge is 0.337 e. The van der Waals surface area contributed by atoms with E-state index in [1.165, 1.54) is 13.2 Å². The Bertz CT molecular complexity index is 708. The molecule has 0 unspecified atom stereocenters. The van der Waals surface area contributed by atoms with Gasteiger partial charge in [-0.1, -0.05) is 23.2 Å². The molecule has 7 heteroatoms. The minimum atomic E-state index is -0.446. The summed E-state index contributed by atoms with van der Waals surface area (Å²) in [4.78, 5) is 11.4. The van der Waals surface area contributed by atoms with Gasteiger partial charge in [-0.15, -0.1) is 0 Å². The van der Waals surface area contributed by atoms with Gasteiger partial charge in [-0.2, -0.15) is 0 Å². The Morgan fingerprint density at radius 2 is 1.86 bits per heavy atom. The average molecular weight is 390 g/mol. The molecule has 110 valence electrons. The van der Waals surface area contributed by atoms with E-state index in [-0.39, 0.29) is 0 Å². The van der Waals surface area contributed by atoms with E-state index in [1.54, 1.807) is 24.3 Å². The highest BCUT2D eigenvalue weighted by atomic mass is 79.9. The highest BCUT2D eigenvalue weighted by Crippen LogP contribution is 2.38. The summed E-state index contributed by atoms with van der Waals surface area (Å²) in [6.45, 7) is 0. The lowest BCUT2D eigenvalue weighted by Gasteiger charge is -2.13. The number of carbonyl (C=O) groups is 1. The van der Waals surface area contributed by atoms with Crippen LogP contribution >= 0.6 is 39.1 Å². The Morgan fingerprint density at radius 1 is 1.19 bits per heavy atom. The first-order valence-corrected chi connectivity index (χ1v) is 7.37. The standard InChI is InChI=1S/C14H11BrCl2N2O2/c1-21-14(20)7-2-4-10(9(18)6-7)19-11-5-3-8(15)12(16)13(11)17/h2-6,19H,18H2,1H3. The number of nitrogens with two attached hydrogens (primary N) is 1. The van der Waals surface area contributed by atoms with Crippen LogP contribution in [0.4, 0.5) is 17.1 Å². The maximum Gasteiger partial charge on any atom is 0.337 e. The van der Waals surface area contributed by atoms with E-state index in [9.17, 15) is 4.79 Å². The molecule has 0 heterocycles. The molecule has 0 amide bonds. The number of ether oxygens (including phenoxy) is 1. The van der Waals surface area contributed by atoms with Gasteiger partial charge in [0.25, 0.3) is 0 Å². The van der Waals surface area contributed by atoms with Crippen LogP contribution in [-0.2, 0) is 4.74 Å². The van der Waals surface area contributed by atoms with Crippen LogP contribution in [0.1, 0.15) is 10.4 Å². The molecule has 2 rings (SSSR count). The minimum Gasteiger partial charge on any atom is -0.465 e. The van der Waals surface area contributed by atoms with Crippen LogP contribution < -0.4 is 11.1 Å². The lowest BCUT2D eigenvalue weighted by molar-refractivity contribution is 0.0601. The van der Waals surface area contributed by atoms with Crippen LogP contribution in [0.15, 0.2) is 34.8 Å². The quantitative estimate of drug-likeness (QED) is 0.446. The summed E-state index contributed by atoms with van der Waals surface area (Å²) in [6.07, 6.45) is 0. The van der Waals surface area contributed by atoms with E-state index < -0.39 is 5.97 Å². The number of carbonyl (C=O) groups excluding carboxylic acids is 1. The maximum absolute atomic E-state index is 11.4. The van der Waals surface area contributed by atoms with Gasteiger partial charge in [0.1, 0.15) is 0 Å². The summed E-state index contributed by atoms with van der Waals surface area (Å²) in [5.74, 6) is -0.446. The van der Waals surface area contributed by atoms with Gasteiger partial charge in [-0.05, 0) is 46.3 Å². The first-order valence-electron chi connectivity index (χ1n) is 5.82. The number of benzene rings is 2. The molecule has 0 aliphatic heterocycles. The normalized spacial score (nSPS) is 10.3. The van der Waals surface area contributed by atoms with Crippen molar-refractivity contribution in [3.05, 3.63) is 50.4 Å². The van der Waals surface area contributed by atoms with Crippen LogP contribution in [0.2, 0.25) is 10.0 Å². The average Bonchev–Trinajstić information content (AvgIpc) is 2.48. The predicted molar refractivity (Wildman–Crippen MR) is 89.6 cm³/mol. The number of methoxy groups -OCH3 is 1. The first kappa shape index (κ1) is 15.9. The third kappa shape index (κ3) is 3.43. The zero-order chi connectivity index (χ0) is 15.6. The second-order valence-electron chi connectivity index (χ2n) is 4.14. The third-order valence-corrected chi connectivity index (χ3v) is 4.55. The van der Waals surface area contributed by atoms with Crippen molar-refractivity contribution >= 4 is 62.2 Å². The summed E-state index contributed by atoms with van der Waals surface area (Å²) in [7, 11) is 1.31. The van der Waals surface area contributed by atoms with Crippen LogP contribution in [0.3, 0.4) is 0 Å². The zero-order valence-corrected chi connectivity index (χ0v) is 14.0. The number of nitrogen functional groups attached to an aromatic ring is 1. The van der Waals surface area contributed by atoms with Crippen molar-refractivity contribution in [3.8, 4) is 0 Å². The van der Waals surface area contributed by atoms with Crippen molar-refractivity contribution in [1.82, 2.24) is 0 Å². The Labute approximate surface area is 140 Å². The molecule has 4 nitrogen and oxygen atoms in total. The number of rotatable bonds is 3. The molecule has 0 saturated carbocycles. The lowest BCUT2D eigenvalue weighted by atomic mass is 10.1. The Morgan fingerprint density at radius 3 is 2.48 bits per heavy atom. The van der Waals surface area contributed by atoms with Gasteiger partial charge in [0.2, 0.25) is 0 Å². The van der Waals surface area contributed by atoms with Crippen molar-refractivity contribution in [3.63, 3.8) is 0 Å². The van der Waals surface area contributed by atoms with E-state index in [0.717, 1.165) is 0 Å². The van der Waals surface area contributed by atoms with Gasteiger partial charge in [0, 0.05) is 4.47 Å². The molecule has 0 aromatic heterocycles. The molecule has 0 aliphatic carbocycles. The van der Waals surface area contributed by atoms with Crippen molar-refractivity contribution in [2.24, 2.45) is 0 Å². The molecule has 3 N–H and O–H groups in total. The molecule has 0 atom stereocenters. The maximum atomic E-state index is 11.4. The summed E-state index contributed by atoms with van der Waals surface area (Å²) in [5.41, 5.74) is 7.92. The molecule has 0 fully saturated rings. The number of esters is 1. The fourth-order valence-corrected chi connectivity index (χ4v) is 2.51. The lowest BCUT2D eigenvalue weighted by Crippen LogP contribution is -2.04. The third-order valence-electron chi connectivity index (χ3n) is 2.78. The number of hydrogen-bond acceptors (Lipinski definition) is 4. The first-order chi connectivity index (χ1) is 9.93. The van der Waals surface area contributed by atoms with Crippen molar-refractivity contribution in [1.29, 1.82) is 0 Å². The van der Waals surface area contributed by atoms with Crippen molar-refractivity contribution < 1.29 is 9.53 Å². The molecule has 0 bridgehead atoms. The second kappa shape index (κ2) is 6.56. The summed E-state index contributed by atoms with van der Waals surface area (Å²) in [6, 6.07) is 8.36. The van der Waals surface area contributed by atoms with Crippen LogP contribution in [0, 0.1) is 0 Å². The van der Waals surface area contributed by atoms with Gasteiger partial charge in [-0.25, -0.2) is 4.79 Å². The van der Waals surface area contributed by atoms with Gasteiger partial charge in [0.15, 0.2) is 0 Å². The topological polar surface area (TPSA) is 64.3 Å². The monoisotopic (exact) mass is 388 g/mol. The van der Waals surface area contributed by atoms with Gasteiger partial charge < -0.3 is 15.8 Å². The second-order valence-corrected chi connectivity index (χ2v) is 5.75. The SMILES string of the molecule is COC(=O)c1ccc(Nc2ccc(Br)c(Cl)c2Cl)c(N)c1. The fraction of sp³-hybridized carbons (Fsp3) is 0.0714. The number of anilines is 3. The Kier molecular flexibility index (Phi) is 4.98. The molecule has 0 radical (unpaired) electrons. The number of halogens is 3. The Hall–Kier alpha value is -1.43. The summed E-state index contributed by atoms with van der Waals surface area (Å²) < 4.78 is 5.34. The molecule has 0 aliphatic rings. The number of nitrogens with one attached hydrogen (secondary N) is 1. The van der Waals surface area contributed by atoms with Crippen molar-refractivity contribution in [2.45, 2.75) is 0 Å². The summed E-state index contributed by atoms with van der Waals surface area (Å²) in [5, 5.41) is 3.86. The van der Waals surface area contributed by atoms with E-state index in [1.807, 2.05) is 0 Å². The van der Waals surface area contributed by atoms with E-state index in [0.29, 0.717) is 37.1 Å². The summed E-state index contributed by atoms with van der Waals surface area (Å²) >= 11 is 15.5. The molecule has 21 heavy (non-hydrogen) atoms. The van der Waals surface area contributed by atoms with Crippen molar-refractivity contribution in [2.75, 3.05) is 18.2 Å². The van der Waals surface area contributed by atoms with Gasteiger partial charge in [0.05, 0.1) is 39.8 Å². The highest BCUT2D eigenvalue weighted by Gasteiger charge is 2.11. The van der Waals surface area contributed by atoms with Crippen LogP contribution in [0.5, 0.6) is 0 Å². The molecular formula is C14H11BrCl2N2O2. The molecule has 0 spiro atoms. The fourth-order valence-electron chi connectivity index (χ4n) is 1.69. The largest absolute Gasteiger partial charge is 0.465 e. The van der Waals surface area contributed by atoms with Gasteiger partial charge >= 0.3 is 5.97 Å². The molecule has 2 aromatic rings. The van der Waals surface area contributed by atoms with E-state index in [2.05, 4.69) is 26.0 Å². The molecule has 2 aromatic carbocycles. The molecular weight excluding hydrogens is 379 g/mol. The molecule has 0 saturated heterocycles. The van der Waals surface area contributed by atoms with Crippen LogP contribution in [0.25, 0.3) is 0 Å². The number of hydrogen-bond donors (Lipinski definition) is 2. The van der Waals surface area contributed by atoms with E-state index >= 15 is 0 Å². The Balaban J connectivity index is 2.33. The minimum absolute atomic E-state index is 0.375. The van der Waals surface area contributed by atoms with Crippen LogP contribution in [-0.4, -0.2) is 13.1 Å².